The van der Waals surface area contributed by atoms with E-state index in [1.165, 1.54) is 18.0 Å². The van der Waals surface area contributed by atoms with Crippen molar-refractivity contribution in [1.82, 2.24) is 5.32 Å². The van der Waals surface area contributed by atoms with E-state index in [-0.39, 0.29) is 11.7 Å². The summed E-state index contributed by atoms with van der Waals surface area (Å²) in [6.45, 7) is 2.22. The molecule has 1 heterocycles. The van der Waals surface area contributed by atoms with E-state index in [9.17, 15) is 9.59 Å². The zero-order valence-electron chi connectivity index (χ0n) is 8.86. The maximum atomic E-state index is 11.5. The number of rotatable bonds is 6. The number of thioether (sulfide) groups is 1. The molecule has 0 spiro atoms. The molecule has 0 unspecified atom stereocenters. The number of amides is 1. The van der Waals surface area contributed by atoms with Gasteiger partial charge in [-0.2, -0.15) is 0 Å². The van der Waals surface area contributed by atoms with Crippen LogP contribution in [0, 0.1) is 6.92 Å². The third kappa shape index (κ3) is 3.98. The fraction of sp³-hybridized carbons (Fsp3) is 0.400. The third-order valence-corrected chi connectivity index (χ3v) is 2.77. The standard InChI is InChI=1S/C10H13NO4S/c1-7-2-4-15-9(7)10(14)11-3-5-16-6-8(12)13/h2,4H,3,5-6H2,1H3,(H,11,14)(H,12,13). The van der Waals surface area contributed by atoms with Gasteiger partial charge in [0.1, 0.15) is 0 Å². The predicted octanol–water partition coefficient (Wildman–Crippen LogP) is 1.14. The lowest BCUT2D eigenvalue weighted by Gasteiger charge is -2.02. The highest BCUT2D eigenvalue weighted by molar-refractivity contribution is 7.99. The molecular weight excluding hydrogens is 230 g/mol. The van der Waals surface area contributed by atoms with Crippen molar-refractivity contribution in [3.63, 3.8) is 0 Å². The van der Waals surface area contributed by atoms with Gasteiger partial charge in [-0.25, -0.2) is 0 Å². The molecule has 0 radical (unpaired) electrons. The number of nitrogens with one attached hydrogen (secondary N) is 1. The van der Waals surface area contributed by atoms with Crippen molar-refractivity contribution in [2.75, 3.05) is 18.1 Å². The second-order valence-electron chi connectivity index (χ2n) is 3.13. The Balaban J connectivity index is 2.21. The average Bonchev–Trinajstić information content (AvgIpc) is 2.63. The quantitative estimate of drug-likeness (QED) is 0.732. The van der Waals surface area contributed by atoms with E-state index < -0.39 is 5.97 Å². The van der Waals surface area contributed by atoms with Crippen molar-refractivity contribution in [2.24, 2.45) is 0 Å². The van der Waals surface area contributed by atoms with E-state index in [1.807, 2.05) is 0 Å². The van der Waals surface area contributed by atoms with Gasteiger partial charge in [0.15, 0.2) is 5.76 Å². The van der Waals surface area contributed by atoms with Crippen LogP contribution in [0.5, 0.6) is 0 Å². The van der Waals surface area contributed by atoms with Gasteiger partial charge >= 0.3 is 5.97 Å². The van der Waals surface area contributed by atoms with Crippen LogP contribution in [0.2, 0.25) is 0 Å². The van der Waals surface area contributed by atoms with Crippen LogP contribution in [0.1, 0.15) is 16.1 Å². The fourth-order valence-corrected chi connectivity index (χ4v) is 1.65. The molecule has 0 atom stereocenters. The minimum absolute atomic E-state index is 0.0512. The van der Waals surface area contributed by atoms with Gasteiger partial charge in [-0.05, 0) is 13.0 Å². The van der Waals surface area contributed by atoms with Crippen molar-refractivity contribution in [2.45, 2.75) is 6.92 Å². The van der Waals surface area contributed by atoms with Crippen molar-refractivity contribution in [3.8, 4) is 0 Å². The summed E-state index contributed by atoms with van der Waals surface area (Å²) in [7, 11) is 0. The van der Waals surface area contributed by atoms with E-state index in [0.717, 1.165) is 5.56 Å². The van der Waals surface area contributed by atoms with Crippen molar-refractivity contribution in [3.05, 3.63) is 23.7 Å². The first-order valence-electron chi connectivity index (χ1n) is 4.73. The van der Waals surface area contributed by atoms with Crippen LogP contribution in [-0.4, -0.2) is 35.0 Å². The molecule has 0 saturated carbocycles. The molecule has 1 aromatic heterocycles. The molecular formula is C10H13NO4S. The first-order valence-corrected chi connectivity index (χ1v) is 5.88. The van der Waals surface area contributed by atoms with Gasteiger partial charge in [0.2, 0.25) is 0 Å². The van der Waals surface area contributed by atoms with Gasteiger partial charge in [-0.15, -0.1) is 11.8 Å². The Morgan fingerprint density at radius 2 is 2.31 bits per heavy atom. The molecule has 0 bridgehead atoms. The summed E-state index contributed by atoms with van der Waals surface area (Å²) >= 11 is 1.26. The van der Waals surface area contributed by atoms with Crippen molar-refractivity contribution in [1.29, 1.82) is 0 Å². The molecule has 88 valence electrons. The van der Waals surface area contributed by atoms with Crippen molar-refractivity contribution >= 4 is 23.6 Å². The summed E-state index contributed by atoms with van der Waals surface area (Å²) < 4.78 is 5.01. The van der Waals surface area contributed by atoms with Crippen molar-refractivity contribution < 1.29 is 19.1 Å². The number of carbonyl (C=O) groups excluding carboxylic acids is 1. The Morgan fingerprint density at radius 1 is 1.56 bits per heavy atom. The van der Waals surface area contributed by atoms with Crippen LogP contribution in [0.15, 0.2) is 16.7 Å². The van der Waals surface area contributed by atoms with Crippen LogP contribution in [0.4, 0.5) is 0 Å². The lowest BCUT2D eigenvalue weighted by molar-refractivity contribution is -0.133. The Morgan fingerprint density at radius 3 is 2.88 bits per heavy atom. The topological polar surface area (TPSA) is 79.5 Å². The molecule has 6 heteroatoms. The highest BCUT2D eigenvalue weighted by Crippen LogP contribution is 2.08. The zero-order chi connectivity index (χ0) is 12.0. The number of hydrogen-bond acceptors (Lipinski definition) is 4. The van der Waals surface area contributed by atoms with Gasteiger partial charge in [0.05, 0.1) is 12.0 Å². The Labute approximate surface area is 97.2 Å². The Hall–Kier alpha value is -1.43. The number of carbonyl (C=O) groups is 2. The minimum atomic E-state index is -0.849. The van der Waals surface area contributed by atoms with Crippen LogP contribution in [0.3, 0.4) is 0 Å². The first-order chi connectivity index (χ1) is 7.61. The Bertz CT molecular complexity index is 375. The zero-order valence-corrected chi connectivity index (χ0v) is 9.67. The molecule has 0 aromatic carbocycles. The lowest BCUT2D eigenvalue weighted by Crippen LogP contribution is -2.26. The molecule has 0 aliphatic heterocycles. The molecule has 0 fully saturated rings. The minimum Gasteiger partial charge on any atom is -0.481 e. The van der Waals surface area contributed by atoms with Gasteiger partial charge < -0.3 is 14.8 Å². The molecule has 16 heavy (non-hydrogen) atoms. The number of aryl methyl sites for hydroxylation is 1. The SMILES string of the molecule is Cc1ccoc1C(=O)NCCSCC(=O)O. The van der Waals surface area contributed by atoms with E-state index in [0.29, 0.717) is 18.1 Å². The molecule has 0 aliphatic rings. The summed E-state index contributed by atoms with van der Waals surface area (Å²) in [6.07, 6.45) is 1.46. The highest BCUT2D eigenvalue weighted by atomic mass is 32.2. The smallest absolute Gasteiger partial charge is 0.313 e. The maximum Gasteiger partial charge on any atom is 0.313 e. The molecule has 1 rings (SSSR count). The highest BCUT2D eigenvalue weighted by Gasteiger charge is 2.11. The number of carboxylic acids is 1. The second kappa shape index (κ2) is 6.22. The van der Waals surface area contributed by atoms with E-state index in [2.05, 4.69) is 5.32 Å². The summed E-state index contributed by atoms with van der Waals surface area (Å²) in [5, 5.41) is 11.0. The normalized spacial score (nSPS) is 10.1. The van der Waals surface area contributed by atoms with Crippen LogP contribution < -0.4 is 5.32 Å². The summed E-state index contributed by atoms with van der Waals surface area (Å²) in [5.41, 5.74) is 0.788. The van der Waals surface area contributed by atoms with Gasteiger partial charge in [0, 0.05) is 17.9 Å². The third-order valence-electron chi connectivity index (χ3n) is 1.83. The molecule has 1 aromatic rings. The molecule has 1 amide bonds. The summed E-state index contributed by atoms with van der Waals surface area (Å²) in [4.78, 5) is 21.7. The van der Waals surface area contributed by atoms with Crippen LogP contribution in [-0.2, 0) is 4.79 Å². The fourth-order valence-electron chi connectivity index (χ4n) is 1.08. The average molecular weight is 243 g/mol. The first kappa shape index (κ1) is 12.6. The number of carboxylic acid groups (broad SMARTS) is 1. The van der Waals surface area contributed by atoms with E-state index in [1.54, 1.807) is 13.0 Å². The number of furan rings is 1. The molecule has 0 aliphatic carbocycles. The lowest BCUT2D eigenvalue weighted by atomic mass is 10.3. The van der Waals surface area contributed by atoms with Gasteiger partial charge in [0.25, 0.3) is 5.91 Å². The Kier molecular flexibility index (Phi) is 4.91. The van der Waals surface area contributed by atoms with E-state index in [4.69, 9.17) is 9.52 Å². The second-order valence-corrected chi connectivity index (χ2v) is 4.24. The summed E-state index contributed by atoms with van der Waals surface area (Å²) in [6, 6.07) is 1.72. The monoisotopic (exact) mass is 243 g/mol. The van der Waals surface area contributed by atoms with Gasteiger partial charge in [-0.1, -0.05) is 0 Å². The largest absolute Gasteiger partial charge is 0.481 e. The molecule has 2 N–H and O–H groups in total. The van der Waals surface area contributed by atoms with Crippen LogP contribution in [0.25, 0.3) is 0 Å². The molecule has 5 nitrogen and oxygen atoms in total. The maximum absolute atomic E-state index is 11.5. The summed E-state index contributed by atoms with van der Waals surface area (Å²) in [5.74, 6) is -0.187. The number of hydrogen-bond donors (Lipinski definition) is 2. The molecule has 0 saturated heterocycles. The van der Waals surface area contributed by atoms with Gasteiger partial charge in [-0.3, -0.25) is 9.59 Å². The van der Waals surface area contributed by atoms with E-state index >= 15 is 0 Å². The predicted molar refractivity (Wildman–Crippen MR) is 60.7 cm³/mol. The van der Waals surface area contributed by atoms with Crippen LogP contribution >= 0.6 is 11.8 Å². The number of aliphatic carboxylic acids is 1.